The Kier molecular flexibility index (Phi) is 7.98. The van der Waals surface area contributed by atoms with Gasteiger partial charge < -0.3 is 14.8 Å². The highest BCUT2D eigenvalue weighted by Gasteiger charge is 2.35. The number of ether oxygens (including phenoxy) is 2. The number of rotatable bonds is 9. The molecule has 0 aromatic rings. The van der Waals surface area contributed by atoms with E-state index in [4.69, 9.17) is 9.47 Å². The van der Waals surface area contributed by atoms with Crippen LogP contribution in [0, 0.1) is 5.92 Å². The fourth-order valence-electron chi connectivity index (χ4n) is 2.40. The molecule has 0 spiro atoms. The zero-order valence-electron chi connectivity index (χ0n) is 11.8. The molecule has 0 heterocycles. The number of hydrogen-bond donors (Lipinski definition) is 1. The molecule has 1 N–H and O–H groups in total. The summed E-state index contributed by atoms with van der Waals surface area (Å²) in [5, 5.41) is 3.41. The van der Waals surface area contributed by atoms with Crippen LogP contribution in [0.3, 0.4) is 0 Å². The van der Waals surface area contributed by atoms with Crippen molar-refractivity contribution in [3.8, 4) is 0 Å². The molecule has 0 radical (unpaired) electrons. The van der Waals surface area contributed by atoms with Crippen LogP contribution < -0.4 is 5.32 Å². The summed E-state index contributed by atoms with van der Waals surface area (Å²) in [6, 6.07) is 0.368. The summed E-state index contributed by atoms with van der Waals surface area (Å²) >= 11 is 0. The van der Waals surface area contributed by atoms with Crippen molar-refractivity contribution in [2.24, 2.45) is 5.92 Å². The molecule has 16 heavy (non-hydrogen) atoms. The number of methoxy groups -OCH3 is 1. The van der Waals surface area contributed by atoms with Gasteiger partial charge in [0.2, 0.25) is 0 Å². The Hall–Kier alpha value is -0.120. The smallest absolute Gasteiger partial charge is 0.0806 e. The van der Waals surface area contributed by atoms with Crippen molar-refractivity contribution in [3.63, 3.8) is 0 Å². The van der Waals surface area contributed by atoms with Crippen LogP contribution in [0.4, 0.5) is 0 Å². The molecule has 0 fully saturated rings. The van der Waals surface area contributed by atoms with E-state index in [1.807, 2.05) is 7.05 Å². The maximum absolute atomic E-state index is 5.93. The molecule has 0 aliphatic carbocycles. The van der Waals surface area contributed by atoms with Crippen molar-refractivity contribution in [2.45, 2.75) is 52.2 Å². The van der Waals surface area contributed by atoms with E-state index in [0.717, 1.165) is 26.1 Å². The van der Waals surface area contributed by atoms with Crippen LogP contribution in [-0.2, 0) is 9.47 Å². The van der Waals surface area contributed by atoms with Gasteiger partial charge in [-0.05, 0) is 39.7 Å². The van der Waals surface area contributed by atoms with Gasteiger partial charge in [-0.2, -0.15) is 0 Å². The normalized spacial score (nSPS) is 19.1. The second-order valence-corrected chi connectivity index (χ2v) is 4.62. The average molecular weight is 231 g/mol. The molecule has 0 saturated carbocycles. The average Bonchev–Trinajstić information content (AvgIpc) is 2.27. The van der Waals surface area contributed by atoms with Gasteiger partial charge in [-0.25, -0.2) is 0 Å². The highest BCUT2D eigenvalue weighted by molar-refractivity contribution is 4.91. The van der Waals surface area contributed by atoms with E-state index in [1.54, 1.807) is 7.11 Å². The molecule has 3 heteroatoms. The maximum Gasteiger partial charge on any atom is 0.0806 e. The first-order valence-corrected chi connectivity index (χ1v) is 6.35. The highest BCUT2D eigenvalue weighted by Crippen LogP contribution is 2.26. The standard InChI is InChI=1S/C13H29NO2/c1-7-13(4,16-8-2)12(14-5)11(3)9-10-15-6/h11-12,14H,7-10H2,1-6H3. The Balaban J connectivity index is 4.52. The zero-order valence-corrected chi connectivity index (χ0v) is 11.8. The first kappa shape index (κ1) is 15.9. The van der Waals surface area contributed by atoms with Crippen LogP contribution in [0.15, 0.2) is 0 Å². The fourth-order valence-corrected chi connectivity index (χ4v) is 2.40. The third kappa shape index (κ3) is 4.40. The summed E-state index contributed by atoms with van der Waals surface area (Å²) in [5.41, 5.74) is -0.0866. The van der Waals surface area contributed by atoms with Gasteiger partial charge in [-0.1, -0.05) is 13.8 Å². The molecule has 0 bridgehead atoms. The minimum absolute atomic E-state index is 0.0866. The molecular weight excluding hydrogens is 202 g/mol. The van der Waals surface area contributed by atoms with E-state index in [0.29, 0.717) is 12.0 Å². The summed E-state index contributed by atoms with van der Waals surface area (Å²) in [5.74, 6) is 0.543. The van der Waals surface area contributed by atoms with Gasteiger partial charge in [0.15, 0.2) is 0 Å². The van der Waals surface area contributed by atoms with Crippen molar-refractivity contribution in [3.05, 3.63) is 0 Å². The van der Waals surface area contributed by atoms with Crippen LogP contribution in [0.2, 0.25) is 0 Å². The summed E-state index contributed by atoms with van der Waals surface area (Å²) in [4.78, 5) is 0. The van der Waals surface area contributed by atoms with E-state index in [9.17, 15) is 0 Å². The van der Waals surface area contributed by atoms with Gasteiger partial charge in [0, 0.05) is 26.4 Å². The van der Waals surface area contributed by atoms with E-state index in [-0.39, 0.29) is 5.60 Å². The largest absolute Gasteiger partial charge is 0.385 e. The monoisotopic (exact) mass is 231 g/mol. The summed E-state index contributed by atoms with van der Waals surface area (Å²) in [7, 11) is 3.77. The third-order valence-corrected chi connectivity index (χ3v) is 3.49. The Morgan fingerprint density at radius 1 is 1.31 bits per heavy atom. The van der Waals surface area contributed by atoms with Crippen LogP contribution in [0.1, 0.15) is 40.5 Å². The predicted octanol–water partition coefficient (Wildman–Crippen LogP) is 2.45. The molecule has 0 aromatic heterocycles. The lowest BCUT2D eigenvalue weighted by Crippen LogP contribution is -2.52. The molecule has 0 aliphatic rings. The predicted molar refractivity (Wildman–Crippen MR) is 68.8 cm³/mol. The maximum atomic E-state index is 5.93. The summed E-state index contributed by atoms with van der Waals surface area (Å²) in [6.45, 7) is 10.3. The van der Waals surface area contributed by atoms with Gasteiger partial charge in [0.25, 0.3) is 0 Å². The lowest BCUT2D eigenvalue weighted by molar-refractivity contribution is -0.0679. The number of hydrogen-bond acceptors (Lipinski definition) is 3. The van der Waals surface area contributed by atoms with Crippen molar-refractivity contribution in [1.29, 1.82) is 0 Å². The SMILES string of the molecule is CCOC(C)(CC)C(NC)C(C)CCOC. The van der Waals surface area contributed by atoms with Crippen LogP contribution in [0.5, 0.6) is 0 Å². The summed E-state index contributed by atoms with van der Waals surface area (Å²) < 4.78 is 11.1. The quantitative estimate of drug-likeness (QED) is 0.661. The van der Waals surface area contributed by atoms with E-state index in [1.165, 1.54) is 0 Å². The van der Waals surface area contributed by atoms with Gasteiger partial charge in [0.1, 0.15) is 0 Å². The van der Waals surface area contributed by atoms with Gasteiger partial charge in [-0.15, -0.1) is 0 Å². The second-order valence-electron chi connectivity index (χ2n) is 4.62. The van der Waals surface area contributed by atoms with E-state index >= 15 is 0 Å². The minimum atomic E-state index is -0.0866. The van der Waals surface area contributed by atoms with Gasteiger partial charge >= 0.3 is 0 Å². The first-order chi connectivity index (χ1) is 7.55. The zero-order chi connectivity index (χ0) is 12.6. The first-order valence-electron chi connectivity index (χ1n) is 6.35. The van der Waals surface area contributed by atoms with Crippen LogP contribution >= 0.6 is 0 Å². The fraction of sp³-hybridized carbons (Fsp3) is 1.00. The molecule has 3 nitrogen and oxygen atoms in total. The Morgan fingerprint density at radius 2 is 1.94 bits per heavy atom. The lowest BCUT2D eigenvalue weighted by Gasteiger charge is -2.40. The molecular formula is C13H29NO2. The lowest BCUT2D eigenvalue weighted by atomic mass is 9.83. The van der Waals surface area contributed by atoms with Crippen LogP contribution in [0.25, 0.3) is 0 Å². The molecule has 0 saturated heterocycles. The van der Waals surface area contributed by atoms with Crippen LogP contribution in [-0.4, -0.2) is 39.0 Å². The molecule has 3 atom stereocenters. The molecule has 98 valence electrons. The third-order valence-electron chi connectivity index (χ3n) is 3.49. The Bertz CT molecular complexity index is 175. The van der Waals surface area contributed by atoms with Crippen molar-refractivity contribution in [1.82, 2.24) is 5.32 Å². The molecule has 0 amide bonds. The Labute approximate surface area is 101 Å². The van der Waals surface area contributed by atoms with E-state index in [2.05, 4.69) is 33.0 Å². The minimum Gasteiger partial charge on any atom is -0.385 e. The topological polar surface area (TPSA) is 30.5 Å². The van der Waals surface area contributed by atoms with Gasteiger partial charge in [0.05, 0.1) is 5.60 Å². The molecule has 0 rings (SSSR count). The number of likely N-dealkylation sites (N-methyl/N-ethyl adjacent to an activating group) is 1. The van der Waals surface area contributed by atoms with Crippen molar-refractivity contribution in [2.75, 3.05) is 27.4 Å². The molecule has 0 aliphatic heterocycles. The second kappa shape index (κ2) is 8.04. The van der Waals surface area contributed by atoms with E-state index < -0.39 is 0 Å². The molecule has 3 unspecified atom stereocenters. The highest BCUT2D eigenvalue weighted by atomic mass is 16.5. The molecule has 0 aromatic carbocycles. The Morgan fingerprint density at radius 3 is 2.31 bits per heavy atom. The van der Waals surface area contributed by atoms with Gasteiger partial charge in [-0.3, -0.25) is 0 Å². The summed E-state index contributed by atoms with van der Waals surface area (Å²) in [6.07, 6.45) is 2.08. The van der Waals surface area contributed by atoms with Crippen molar-refractivity contribution < 1.29 is 9.47 Å². The van der Waals surface area contributed by atoms with Crippen molar-refractivity contribution >= 4 is 0 Å². The number of nitrogens with one attached hydrogen (secondary N) is 1.